The molecule has 0 aliphatic carbocycles. The van der Waals surface area contributed by atoms with Crippen LogP contribution in [0, 0.1) is 0 Å². The van der Waals surface area contributed by atoms with Gasteiger partial charge >= 0.3 is 0 Å². The summed E-state index contributed by atoms with van der Waals surface area (Å²) in [4.78, 5) is 28.3. The van der Waals surface area contributed by atoms with Crippen LogP contribution in [0.3, 0.4) is 0 Å². The Kier molecular flexibility index (Phi) is 5.20. The number of nitrogens with zero attached hydrogens (tertiary/aromatic N) is 4. The Morgan fingerprint density at radius 1 is 0.920 bits per heavy atom. The number of aryl methyl sites for hydroxylation is 2. The summed E-state index contributed by atoms with van der Waals surface area (Å²) in [5.74, 6) is 0. The minimum atomic E-state index is 0.0365. The molecule has 134 valence electrons. The molecule has 2 aromatic heterocycles. The zero-order valence-electron chi connectivity index (χ0n) is 15.2. The minimum absolute atomic E-state index is 0.0365. The third-order valence-electron chi connectivity index (χ3n) is 4.98. The molecule has 1 atom stereocenters. The Labute approximate surface area is 147 Å². The minimum Gasteiger partial charge on any atom is -0.319 e. The number of hydrogen-bond acceptors (Lipinski definition) is 4. The maximum atomic E-state index is 11.8. The van der Waals surface area contributed by atoms with Crippen LogP contribution in [-0.2, 0) is 27.2 Å². The van der Waals surface area contributed by atoms with Gasteiger partial charge in [-0.2, -0.15) is 0 Å². The number of pyridine rings is 2. The fourth-order valence-electron chi connectivity index (χ4n) is 3.32. The maximum Gasteiger partial charge on any atom is 0.250 e. The summed E-state index contributed by atoms with van der Waals surface area (Å²) in [5.41, 5.74) is 2.20. The molecule has 1 aliphatic rings. The smallest absolute Gasteiger partial charge is 0.250 e. The van der Waals surface area contributed by atoms with Crippen molar-refractivity contribution in [2.45, 2.75) is 26.1 Å². The first-order valence-corrected chi connectivity index (χ1v) is 8.70. The summed E-state index contributed by atoms with van der Waals surface area (Å²) in [7, 11) is 3.54. The van der Waals surface area contributed by atoms with E-state index in [1.807, 2.05) is 24.5 Å². The van der Waals surface area contributed by atoms with Gasteiger partial charge in [0, 0.05) is 77.4 Å². The summed E-state index contributed by atoms with van der Waals surface area (Å²) in [6, 6.07) is 7.87. The monoisotopic (exact) mass is 342 g/mol. The lowest BCUT2D eigenvalue weighted by Crippen LogP contribution is -2.51. The van der Waals surface area contributed by atoms with Crippen molar-refractivity contribution in [1.29, 1.82) is 0 Å². The van der Waals surface area contributed by atoms with Gasteiger partial charge in [-0.1, -0.05) is 0 Å². The predicted octanol–water partition coefficient (Wildman–Crippen LogP) is 0.790. The highest BCUT2D eigenvalue weighted by atomic mass is 16.1. The van der Waals surface area contributed by atoms with Gasteiger partial charge in [0.2, 0.25) is 0 Å². The van der Waals surface area contributed by atoms with Gasteiger partial charge in [0.25, 0.3) is 11.1 Å². The Morgan fingerprint density at radius 2 is 1.48 bits per heavy atom. The largest absolute Gasteiger partial charge is 0.319 e. The molecular formula is C19H26N4O2. The number of hydrogen-bond donors (Lipinski definition) is 0. The van der Waals surface area contributed by atoms with Crippen LogP contribution in [0.2, 0.25) is 0 Å². The average molecular weight is 342 g/mol. The van der Waals surface area contributed by atoms with E-state index < -0.39 is 0 Å². The molecule has 25 heavy (non-hydrogen) atoms. The standard InChI is InChI=1S/C19H26N4O2/c1-15-12-22(13-16-4-6-20(2)18(24)10-16)8-9-23(15)14-17-5-7-21(3)19(25)11-17/h4-7,10-11,15H,8-9,12-14H2,1-3H3. The van der Waals surface area contributed by atoms with E-state index in [4.69, 9.17) is 0 Å². The second-order valence-electron chi connectivity index (χ2n) is 7.02. The second kappa shape index (κ2) is 7.37. The van der Waals surface area contributed by atoms with Crippen molar-refractivity contribution in [3.05, 3.63) is 68.5 Å². The van der Waals surface area contributed by atoms with Gasteiger partial charge in [-0.3, -0.25) is 19.4 Å². The van der Waals surface area contributed by atoms with Crippen LogP contribution in [-0.4, -0.2) is 44.6 Å². The van der Waals surface area contributed by atoms with E-state index in [0.717, 1.165) is 43.9 Å². The molecule has 0 bridgehead atoms. The van der Waals surface area contributed by atoms with Crippen molar-refractivity contribution >= 4 is 0 Å². The maximum absolute atomic E-state index is 11.8. The van der Waals surface area contributed by atoms with E-state index >= 15 is 0 Å². The van der Waals surface area contributed by atoms with Crippen molar-refractivity contribution in [3.63, 3.8) is 0 Å². The van der Waals surface area contributed by atoms with Crippen LogP contribution in [0.4, 0.5) is 0 Å². The first kappa shape index (κ1) is 17.6. The molecule has 6 nitrogen and oxygen atoms in total. The molecule has 1 saturated heterocycles. The molecule has 0 aromatic carbocycles. The molecule has 0 radical (unpaired) electrons. The summed E-state index contributed by atoms with van der Waals surface area (Å²) >= 11 is 0. The number of aromatic nitrogens is 2. The Bertz CT molecular complexity index is 855. The molecule has 0 saturated carbocycles. The molecule has 6 heteroatoms. The van der Waals surface area contributed by atoms with E-state index in [2.05, 4.69) is 16.7 Å². The summed E-state index contributed by atoms with van der Waals surface area (Å²) in [6.07, 6.45) is 3.65. The predicted molar refractivity (Wildman–Crippen MR) is 98.5 cm³/mol. The van der Waals surface area contributed by atoms with Gasteiger partial charge < -0.3 is 9.13 Å². The van der Waals surface area contributed by atoms with E-state index in [0.29, 0.717) is 6.04 Å². The van der Waals surface area contributed by atoms with Crippen LogP contribution in [0.15, 0.2) is 46.2 Å². The van der Waals surface area contributed by atoms with Gasteiger partial charge in [0.1, 0.15) is 0 Å². The lowest BCUT2D eigenvalue weighted by Gasteiger charge is -2.40. The fraction of sp³-hybridized carbons (Fsp3) is 0.474. The van der Waals surface area contributed by atoms with Crippen LogP contribution in [0.5, 0.6) is 0 Å². The summed E-state index contributed by atoms with van der Waals surface area (Å²) < 4.78 is 3.18. The van der Waals surface area contributed by atoms with Crippen molar-refractivity contribution in [3.8, 4) is 0 Å². The fourth-order valence-corrected chi connectivity index (χ4v) is 3.32. The number of rotatable bonds is 4. The molecule has 0 spiro atoms. The van der Waals surface area contributed by atoms with Crippen molar-refractivity contribution in [2.24, 2.45) is 14.1 Å². The van der Waals surface area contributed by atoms with Crippen LogP contribution in [0.1, 0.15) is 18.1 Å². The lowest BCUT2D eigenvalue weighted by atomic mass is 10.1. The molecule has 0 amide bonds. The van der Waals surface area contributed by atoms with Crippen molar-refractivity contribution < 1.29 is 0 Å². The molecular weight excluding hydrogens is 316 g/mol. The molecule has 1 unspecified atom stereocenters. The molecule has 0 N–H and O–H groups in total. The first-order valence-electron chi connectivity index (χ1n) is 8.70. The van der Waals surface area contributed by atoms with Gasteiger partial charge in [0.15, 0.2) is 0 Å². The first-order chi connectivity index (χ1) is 11.9. The zero-order chi connectivity index (χ0) is 18.0. The highest BCUT2D eigenvalue weighted by molar-refractivity contribution is 5.12. The van der Waals surface area contributed by atoms with Gasteiger partial charge in [-0.25, -0.2) is 0 Å². The normalized spacial score (nSPS) is 19.2. The zero-order valence-corrected chi connectivity index (χ0v) is 15.2. The molecule has 3 rings (SSSR count). The highest BCUT2D eigenvalue weighted by Crippen LogP contribution is 2.15. The van der Waals surface area contributed by atoms with E-state index in [1.54, 1.807) is 35.4 Å². The summed E-state index contributed by atoms with van der Waals surface area (Å²) in [5, 5.41) is 0. The SMILES string of the molecule is CC1CN(Cc2ccn(C)c(=O)c2)CCN1Cc1ccn(C)c(=O)c1. The molecule has 1 aliphatic heterocycles. The third-order valence-corrected chi connectivity index (χ3v) is 4.98. The Morgan fingerprint density at radius 3 is 2.00 bits per heavy atom. The average Bonchev–Trinajstić information content (AvgIpc) is 2.57. The van der Waals surface area contributed by atoms with Crippen molar-refractivity contribution in [1.82, 2.24) is 18.9 Å². The topological polar surface area (TPSA) is 50.5 Å². The van der Waals surface area contributed by atoms with Crippen LogP contribution >= 0.6 is 0 Å². The quantitative estimate of drug-likeness (QED) is 0.824. The van der Waals surface area contributed by atoms with E-state index in [1.165, 1.54) is 0 Å². The highest BCUT2D eigenvalue weighted by Gasteiger charge is 2.23. The molecule has 1 fully saturated rings. The van der Waals surface area contributed by atoms with E-state index in [-0.39, 0.29) is 11.1 Å². The molecule has 3 heterocycles. The number of piperazine rings is 1. The van der Waals surface area contributed by atoms with Gasteiger partial charge in [-0.05, 0) is 30.2 Å². The van der Waals surface area contributed by atoms with E-state index in [9.17, 15) is 9.59 Å². The Hall–Kier alpha value is -2.18. The second-order valence-corrected chi connectivity index (χ2v) is 7.02. The summed E-state index contributed by atoms with van der Waals surface area (Å²) in [6.45, 7) is 6.71. The van der Waals surface area contributed by atoms with Gasteiger partial charge in [0.05, 0.1) is 0 Å². The Balaban J connectivity index is 1.60. The molecule has 2 aromatic rings. The van der Waals surface area contributed by atoms with Gasteiger partial charge in [-0.15, -0.1) is 0 Å². The lowest BCUT2D eigenvalue weighted by molar-refractivity contribution is 0.0732. The van der Waals surface area contributed by atoms with Crippen molar-refractivity contribution in [2.75, 3.05) is 19.6 Å². The van der Waals surface area contributed by atoms with Crippen LogP contribution < -0.4 is 11.1 Å². The van der Waals surface area contributed by atoms with Crippen LogP contribution in [0.25, 0.3) is 0 Å². The third kappa shape index (κ3) is 4.27.